The van der Waals surface area contributed by atoms with Gasteiger partial charge < -0.3 is 25.4 Å². The zero-order chi connectivity index (χ0) is 19.8. The van der Waals surface area contributed by atoms with Crippen molar-refractivity contribution in [2.24, 2.45) is 4.99 Å². The van der Waals surface area contributed by atoms with Crippen LogP contribution in [-0.4, -0.2) is 49.9 Å². The van der Waals surface area contributed by atoms with Crippen LogP contribution in [0.5, 0.6) is 0 Å². The molecule has 0 bridgehead atoms. The van der Waals surface area contributed by atoms with E-state index in [0.29, 0.717) is 13.2 Å². The number of carbonyl (C=O) groups excluding carboxylic acids is 1. The lowest BCUT2D eigenvalue weighted by Gasteiger charge is -2.24. The summed E-state index contributed by atoms with van der Waals surface area (Å²) >= 11 is 0. The number of benzene rings is 1. The second-order valence-electron chi connectivity index (χ2n) is 7.64. The van der Waals surface area contributed by atoms with Crippen LogP contribution in [0.25, 0.3) is 0 Å². The minimum atomic E-state index is -0.328. The number of halogens is 1. The van der Waals surface area contributed by atoms with Gasteiger partial charge in [0.25, 0.3) is 5.91 Å². The summed E-state index contributed by atoms with van der Waals surface area (Å²) in [6, 6.07) is 7.79. The fourth-order valence-electron chi connectivity index (χ4n) is 3.51. The highest BCUT2D eigenvalue weighted by atomic mass is 127. The Balaban J connectivity index is 0.00000300. The summed E-state index contributed by atoms with van der Waals surface area (Å²) in [6.07, 6.45) is 3.57. The lowest BCUT2D eigenvalue weighted by atomic mass is 10.0. The van der Waals surface area contributed by atoms with E-state index in [4.69, 9.17) is 9.47 Å². The third kappa shape index (κ3) is 7.42. The van der Waals surface area contributed by atoms with Gasteiger partial charge in [0.1, 0.15) is 6.10 Å². The van der Waals surface area contributed by atoms with Crippen LogP contribution in [0.2, 0.25) is 0 Å². The second-order valence-corrected chi connectivity index (χ2v) is 7.64. The lowest BCUT2D eigenvalue weighted by Crippen LogP contribution is -2.45. The van der Waals surface area contributed by atoms with Gasteiger partial charge in [0, 0.05) is 32.0 Å². The van der Waals surface area contributed by atoms with E-state index < -0.39 is 0 Å². The Kier molecular flexibility index (Phi) is 9.64. The van der Waals surface area contributed by atoms with Gasteiger partial charge in [0.05, 0.1) is 12.1 Å². The number of nitrogens with zero attached hydrogens (tertiary/aromatic N) is 1. The molecule has 1 aromatic rings. The number of hydrogen-bond donors (Lipinski definition) is 3. The van der Waals surface area contributed by atoms with Crippen molar-refractivity contribution < 1.29 is 14.3 Å². The minimum Gasteiger partial charge on any atom is -0.373 e. The molecule has 3 rings (SSSR count). The van der Waals surface area contributed by atoms with Crippen molar-refractivity contribution in [3.8, 4) is 0 Å². The highest BCUT2D eigenvalue weighted by molar-refractivity contribution is 14.0. The molecule has 2 heterocycles. The molecule has 29 heavy (non-hydrogen) atoms. The third-order valence-corrected chi connectivity index (χ3v) is 5.11. The first-order valence-electron chi connectivity index (χ1n) is 10.3. The Morgan fingerprint density at radius 1 is 1.28 bits per heavy atom. The predicted octanol–water partition coefficient (Wildman–Crippen LogP) is 3.05. The number of hydrogen-bond acceptors (Lipinski definition) is 4. The summed E-state index contributed by atoms with van der Waals surface area (Å²) in [7, 11) is 0. The summed E-state index contributed by atoms with van der Waals surface area (Å²) in [5.74, 6) is 0.700. The van der Waals surface area contributed by atoms with Crippen LogP contribution >= 0.6 is 24.0 Å². The van der Waals surface area contributed by atoms with Crippen molar-refractivity contribution in [2.45, 2.75) is 57.8 Å². The molecule has 1 aromatic carbocycles. The molecule has 2 fully saturated rings. The Hall–Kier alpha value is -1.39. The monoisotopic (exact) mass is 516 g/mol. The molecule has 7 nitrogen and oxygen atoms in total. The molecular formula is C21H33IN4O3. The molecule has 0 aromatic heterocycles. The Labute approximate surface area is 190 Å². The highest BCUT2D eigenvalue weighted by Crippen LogP contribution is 2.23. The van der Waals surface area contributed by atoms with Crippen LogP contribution in [0.1, 0.15) is 45.1 Å². The van der Waals surface area contributed by atoms with E-state index in [1.165, 1.54) is 0 Å². The van der Waals surface area contributed by atoms with E-state index >= 15 is 0 Å². The molecule has 8 heteroatoms. The number of carbonyl (C=O) groups is 1. The van der Waals surface area contributed by atoms with Crippen LogP contribution in [0, 0.1) is 0 Å². The molecule has 2 aliphatic heterocycles. The van der Waals surface area contributed by atoms with Crippen molar-refractivity contribution >= 4 is 41.5 Å². The minimum absolute atomic E-state index is 0. The molecule has 3 N–H and O–H groups in total. The van der Waals surface area contributed by atoms with Crippen LogP contribution in [-0.2, 0) is 20.8 Å². The molecular weight excluding hydrogens is 483 g/mol. The Morgan fingerprint density at radius 2 is 2.14 bits per heavy atom. The van der Waals surface area contributed by atoms with Gasteiger partial charge in [-0.1, -0.05) is 12.1 Å². The van der Waals surface area contributed by atoms with E-state index in [1.54, 1.807) is 0 Å². The van der Waals surface area contributed by atoms with Crippen LogP contribution in [0.15, 0.2) is 29.3 Å². The average molecular weight is 516 g/mol. The number of anilines is 1. The largest absolute Gasteiger partial charge is 0.373 e. The number of nitrogens with one attached hydrogen (secondary N) is 3. The fraction of sp³-hybridized carbons (Fsp3) is 0.619. The first-order valence-corrected chi connectivity index (χ1v) is 10.3. The van der Waals surface area contributed by atoms with Gasteiger partial charge in [-0.05, 0) is 57.2 Å². The first kappa shape index (κ1) is 23.9. The quantitative estimate of drug-likeness (QED) is 0.295. The van der Waals surface area contributed by atoms with Gasteiger partial charge in [0.2, 0.25) is 0 Å². The van der Waals surface area contributed by atoms with Gasteiger partial charge in [-0.3, -0.25) is 4.79 Å². The van der Waals surface area contributed by atoms with Crippen molar-refractivity contribution in [1.29, 1.82) is 0 Å². The van der Waals surface area contributed by atoms with Gasteiger partial charge in [-0.2, -0.15) is 0 Å². The number of aliphatic imine (C=N–C) groups is 1. The maximum absolute atomic E-state index is 12.2. The van der Waals surface area contributed by atoms with Gasteiger partial charge in [0.15, 0.2) is 5.96 Å². The molecule has 2 saturated heterocycles. The number of rotatable bonds is 7. The van der Waals surface area contributed by atoms with Crippen molar-refractivity contribution in [3.05, 3.63) is 29.8 Å². The average Bonchev–Trinajstić information content (AvgIpc) is 3.37. The number of ether oxygens (including phenoxy) is 2. The lowest BCUT2D eigenvalue weighted by molar-refractivity contribution is -0.124. The predicted molar refractivity (Wildman–Crippen MR) is 126 cm³/mol. The van der Waals surface area contributed by atoms with E-state index in [1.807, 2.05) is 31.2 Å². The molecule has 0 saturated carbocycles. The standard InChI is InChI=1S/C21H32N4O3.HI/c1-3-22-20(24-15-21(2)10-6-12-28-21)23-14-16-7-4-8-17(13-16)25-19(26)18-9-5-11-27-18;/h4,7-8,13,18H,3,5-6,9-12,14-15H2,1-2H3,(H,25,26)(H2,22,23,24);1H. The molecule has 0 spiro atoms. The van der Waals surface area contributed by atoms with E-state index in [0.717, 1.165) is 62.6 Å². The first-order chi connectivity index (χ1) is 13.6. The second kappa shape index (κ2) is 11.7. The van der Waals surface area contributed by atoms with Gasteiger partial charge >= 0.3 is 0 Å². The highest BCUT2D eigenvalue weighted by Gasteiger charge is 2.29. The van der Waals surface area contributed by atoms with Gasteiger partial charge in [-0.15, -0.1) is 24.0 Å². The molecule has 0 aliphatic carbocycles. The summed E-state index contributed by atoms with van der Waals surface area (Å²) in [6.45, 7) is 7.73. The molecule has 2 unspecified atom stereocenters. The summed E-state index contributed by atoms with van der Waals surface area (Å²) in [5, 5.41) is 9.60. The van der Waals surface area contributed by atoms with Crippen molar-refractivity contribution in [1.82, 2.24) is 10.6 Å². The maximum atomic E-state index is 12.2. The van der Waals surface area contributed by atoms with E-state index in [9.17, 15) is 4.79 Å². The molecule has 162 valence electrons. The van der Waals surface area contributed by atoms with Crippen LogP contribution < -0.4 is 16.0 Å². The fourth-order valence-corrected chi connectivity index (χ4v) is 3.51. The number of amides is 1. The van der Waals surface area contributed by atoms with E-state index in [2.05, 4.69) is 27.9 Å². The third-order valence-electron chi connectivity index (χ3n) is 5.11. The zero-order valence-electron chi connectivity index (χ0n) is 17.3. The topological polar surface area (TPSA) is 84.0 Å². The van der Waals surface area contributed by atoms with Crippen LogP contribution in [0.3, 0.4) is 0 Å². The number of guanidine groups is 1. The Morgan fingerprint density at radius 3 is 2.83 bits per heavy atom. The Bertz CT molecular complexity index is 686. The molecule has 0 radical (unpaired) electrons. The zero-order valence-corrected chi connectivity index (χ0v) is 19.7. The SMILES string of the molecule is CCNC(=NCc1cccc(NC(=O)C2CCCO2)c1)NCC1(C)CCCO1.I. The smallest absolute Gasteiger partial charge is 0.253 e. The van der Waals surface area contributed by atoms with Gasteiger partial charge in [-0.25, -0.2) is 4.99 Å². The molecule has 2 atom stereocenters. The van der Waals surface area contributed by atoms with E-state index in [-0.39, 0.29) is 41.6 Å². The summed E-state index contributed by atoms with van der Waals surface area (Å²) in [4.78, 5) is 16.9. The maximum Gasteiger partial charge on any atom is 0.253 e. The summed E-state index contributed by atoms with van der Waals surface area (Å²) < 4.78 is 11.3. The molecule has 2 aliphatic rings. The van der Waals surface area contributed by atoms with Crippen LogP contribution in [0.4, 0.5) is 5.69 Å². The molecule has 1 amide bonds. The van der Waals surface area contributed by atoms with Crippen molar-refractivity contribution in [2.75, 3.05) is 31.6 Å². The summed E-state index contributed by atoms with van der Waals surface area (Å²) in [5.41, 5.74) is 1.69. The van der Waals surface area contributed by atoms with Crippen molar-refractivity contribution in [3.63, 3.8) is 0 Å². The normalized spacial score (nSPS) is 24.1.